The van der Waals surface area contributed by atoms with E-state index < -0.39 is 23.5 Å². The Labute approximate surface area is 205 Å². The molecule has 2 unspecified atom stereocenters. The first-order chi connectivity index (χ1) is 16.1. The normalized spacial score (nSPS) is 27.0. The van der Waals surface area contributed by atoms with E-state index in [1.807, 2.05) is 48.5 Å². The molecular weight excluding hydrogens is 529 g/mol. The zero-order chi connectivity index (χ0) is 22.9. The van der Waals surface area contributed by atoms with Gasteiger partial charge in [0.05, 0.1) is 22.9 Å². The van der Waals surface area contributed by atoms with E-state index in [0.717, 1.165) is 25.8 Å². The van der Waals surface area contributed by atoms with Crippen LogP contribution in [0.25, 0.3) is 0 Å². The molecule has 3 aromatic rings. The Morgan fingerprint density at radius 2 is 1.36 bits per heavy atom. The summed E-state index contributed by atoms with van der Waals surface area (Å²) in [4.78, 5) is 29.6. The Kier molecular flexibility index (Phi) is 4.76. The number of carbonyl (C=O) groups excluding carboxylic acids is 2. The van der Waals surface area contributed by atoms with Crippen molar-refractivity contribution in [3.63, 3.8) is 0 Å². The maximum Gasteiger partial charge on any atom is 0.239 e. The van der Waals surface area contributed by atoms with E-state index in [-0.39, 0.29) is 17.7 Å². The van der Waals surface area contributed by atoms with Gasteiger partial charge in [-0.15, -0.1) is 0 Å². The van der Waals surface area contributed by atoms with Gasteiger partial charge in [0.1, 0.15) is 0 Å². The minimum atomic E-state index is -0.930. The zero-order valence-corrected chi connectivity index (χ0v) is 20.4. The number of ether oxygens (including phenoxy) is 2. The van der Waals surface area contributed by atoms with Gasteiger partial charge < -0.3 is 9.47 Å². The Morgan fingerprint density at radius 1 is 0.818 bits per heavy atom. The van der Waals surface area contributed by atoms with E-state index in [4.69, 9.17) is 9.47 Å². The lowest BCUT2D eigenvalue weighted by atomic mass is 9.47. The molecule has 3 aromatic carbocycles. The fraction of sp³-hybridized carbons (Fsp3) is 0.259. The molecule has 7 rings (SSSR count). The van der Waals surface area contributed by atoms with Gasteiger partial charge in [0, 0.05) is 23.7 Å². The van der Waals surface area contributed by atoms with Crippen LogP contribution in [0.5, 0.6) is 0 Å². The quantitative estimate of drug-likeness (QED) is 0.273. The van der Waals surface area contributed by atoms with Crippen molar-refractivity contribution in [1.82, 2.24) is 0 Å². The zero-order valence-electron chi connectivity index (χ0n) is 18.2. The second-order valence-electron chi connectivity index (χ2n) is 8.82. The average Bonchev–Trinajstić information content (AvgIpc) is 3.12. The van der Waals surface area contributed by atoms with Gasteiger partial charge in [-0.25, -0.2) is 4.90 Å². The van der Waals surface area contributed by atoms with Crippen LogP contribution in [0.15, 0.2) is 72.8 Å². The van der Waals surface area contributed by atoms with Crippen LogP contribution >= 0.6 is 22.6 Å². The SMILES string of the molecule is COC(OC)C12c3ccccc3C(c3ccccc31)C1C(=O)N(c3ccc(I)cc3)C(=O)C12. The van der Waals surface area contributed by atoms with Crippen molar-refractivity contribution in [3.8, 4) is 0 Å². The first kappa shape index (κ1) is 21.0. The summed E-state index contributed by atoms with van der Waals surface area (Å²) in [7, 11) is 3.20. The highest BCUT2D eigenvalue weighted by atomic mass is 127. The molecule has 0 aromatic heterocycles. The Hall–Kier alpha value is -2.55. The number of halogens is 1. The monoisotopic (exact) mass is 551 g/mol. The molecular formula is C27H22INO4. The predicted molar refractivity (Wildman–Crippen MR) is 132 cm³/mol. The minimum Gasteiger partial charge on any atom is -0.355 e. The number of amides is 2. The molecule has 5 nitrogen and oxygen atoms in total. The number of carbonyl (C=O) groups is 2. The van der Waals surface area contributed by atoms with Gasteiger partial charge >= 0.3 is 0 Å². The van der Waals surface area contributed by atoms with Crippen LogP contribution < -0.4 is 4.90 Å². The summed E-state index contributed by atoms with van der Waals surface area (Å²) in [6.45, 7) is 0. The van der Waals surface area contributed by atoms with Crippen LogP contribution in [0, 0.1) is 15.4 Å². The van der Waals surface area contributed by atoms with Crippen LogP contribution in [0.3, 0.4) is 0 Å². The smallest absolute Gasteiger partial charge is 0.239 e. The third-order valence-corrected chi connectivity index (χ3v) is 8.29. The third-order valence-electron chi connectivity index (χ3n) is 7.57. The van der Waals surface area contributed by atoms with Crippen molar-refractivity contribution in [1.29, 1.82) is 0 Å². The van der Waals surface area contributed by atoms with Crippen molar-refractivity contribution in [3.05, 3.63) is 98.6 Å². The fourth-order valence-corrected chi connectivity index (χ4v) is 6.90. The molecule has 0 saturated carbocycles. The third kappa shape index (κ3) is 2.54. The molecule has 1 fully saturated rings. The molecule has 2 atom stereocenters. The second kappa shape index (κ2) is 7.48. The van der Waals surface area contributed by atoms with Crippen LogP contribution in [-0.2, 0) is 24.5 Å². The van der Waals surface area contributed by atoms with Crippen LogP contribution in [0.1, 0.15) is 28.2 Å². The summed E-state index contributed by atoms with van der Waals surface area (Å²) in [6, 6.07) is 23.8. The lowest BCUT2D eigenvalue weighted by Gasteiger charge is -2.56. The average molecular weight is 551 g/mol. The summed E-state index contributed by atoms with van der Waals surface area (Å²) in [5.41, 5.74) is 3.84. The number of methoxy groups -OCH3 is 2. The van der Waals surface area contributed by atoms with Gasteiger partial charge in [-0.2, -0.15) is 0 Å². The maximum absolute atomic E-state index is 14.2. The number of hydrogen-bond donors (Lipinski definition) is 0. The Morgan fingerprint density at radius 3 is 1.91 bits per heavy atom. The summed E-state index contributed by atoms with van der Waals surface area (Å²) in [5, 5.41) is 0. The lowest BCUT2D eigenvalue weighted by Crippen LogP contribution is -2.60. The summed E-state index contributed by atoms with van der Waals surface area (Å²) >= 11 is 2.22. The van der Waals surface area contributed by atoms with E-state index in [1.54, 1.807) is 14.2 Å². The number of imide groups is 1. The molecule has 33 heavy (non-hydrogen) atoms. The van der Waals surface area contributed by atoms with E-state index in [0.29, 0.717) is 5.69 Å². The molecule has 3 aliphatic carbocycles. The molecule has 1 saturated heterocycles. The molecule has 0 spiro atoms. The highest BCUT2D eigenvalue weighted by Crippen LogP contribution is 2.65. The lowest BCUT2D eigenvalue weighted by molar-refractivity contribution is -0.168. The molecule has 2 amide bonds. The van der Waals surface area contributed by atoms with Crippen molar-refractivity contribution in [2.24, 2.45) is 11.8 Å². The topological polar surface area (TPSA) is 55.8 Å². The maximum atomic E-state index is 14.2. The van der Waals surface area contributed by atoms with Crippen molar-refractivity contribution in [2.75, 3.05) is 19.1 Å². The standard InChI is InChI=1S/C27H22INO4/c1-32-26(33-2)27-19-9-5-3-7-17(19)21(18-8-4-6-10-20(18)27)22-23(27)25(31)29(24(22)30)16-13-11-15(28)12-14-16/h3-14,21-23,26H,1-2H3. The van der Waals surface area contributed by atoms with Crippen LogP contribution in [0.4, 0.5) is 5.69 Å². The van der Waals surface area contributed by atoms with Crippen molar-refractivity contribution in [2.45, 2.75) is 17.6 Å². The molecule has 1 heterocycles. The highest BCUT2D eigenvalue weighted by molar-refractivity contribution is 14.1. The second-order valence-corrected chi connectivity index (χ2v) is 10.1. The van der Waals surface area contributed by atoms with Crippen LogP contribution in [0.2, 0.25) is 0 Å². The van der Waals surface area contributed by atoms with Crippen molar-refractivity contribution < 1.29 is 19.1 Å². The van der Waals surface area contributed by atoms with Gasteiger partial charge in [0.2, 0.25) is 11.8 Å². The molecule has 0 N–H and O–H groups in total. The fourth-order valence-electron chi connectivity index (χ4n) is 6.54. The van der Waals surface area contributed by atoms with E-state index in [2.05, 4.69) is 46.9 Å². The number of hydrogen-bond acceptors (Lipinski definition) is 4. The molecule has 166 valence electrons. The van der Waals surface area contributed by atoms with E-state index in [9.17, 15) is 9.59 Å². The molecule has 0 radical (unpaired) electrons. The molecule has 1 aliphatic heterocycles. The van der Waals surface area contributed by atoms with Gasteiger partial charge in [0.25, 0.3) is 0 Å². The van der Waals surface area contributed by atoms with Gasteiger partial charge in [-0.3, -0.25) is 9.59 Å². The van der Waals surface area contributed by atoms with Gasteiger partial charge in [0.15, 0.2) is 6.29 Å². The van der Waals surface area contributed by atoms with Crippen LogP contribution in [-0.4, -0.2) is 32.3 Å². The summed E-state index contributed by atoms with van der Waals surface area (Å²) in [5.74, 6) is -1.68. The minimum absolute atomic E-state index is 0.157. The van der Waals surface area contributed by atoms with Gasteiger partial charge in [-0.05, 0) is 69.1 Å². The largest absolute Gasteiger partial charge is 0.355 e. The van der Waals surface area contributed by atoms with E-state index >= 15 is 0 Å². The number of benzene rings is 3. The Bertz CT molecular complexity index is 1240. The first-order valence-corrected chi connectivity index (χ1v) is 12.0. The number of anilines is 1. The summed E-state index contributed by atoms with van der Waals surface area (Å²) < 4.78 is 12.9. The molecule has 4 aliphatic rings. The first-order valence-electron chi connectivity index (χ1n) is 10.9. The highest BCUT2D eigenvalue weighted by Gasteiger charge is 2.71. The molecule has 2 bridgehead atoms. The Balaban J connectivity index is 1.67. The number of nitrogens with zero attached hydrogens (tertiary/aromatic N) is 1. The van der Waals surface area contributed by atoms with Gasteiger partial charge in [-0.1, -0.05) is 48.5 Å². The van der Waals surface area contributed by atoms with Crippen molar-refractivity contribution >= 4 is 40.1 Å². The predicted octanol–water partition coefficient (Wildman–Crippen LogP) is 4.46. The molecule has 6 heteroatoms. The number of rotatable bonds is 4. The van der Waals surface area contributed by atoms with E-state index in [1.165, 1.54) is 4.90 Å². The summed E-state index contributed by atoms with van der Waals surface area (Å²) in [6.07, 6.45) is -0.734.